The lowest BCUT2D eigenvalue weighted by atomic mass is 10.1. The smallest absolute Gasteiger partial charge is 0.271 e. The van der Waals surface area contributed by atoms with Crippen molar-refractivity contribution in [3.8, 4) is 11.5 Å². The van der Waals surface area contributed by atoms with Gasteiger partial charge in [0.1, 0.15) is 11.5 Å². The number of nitrogens with zero attached hydrogens (tertiary/aromatic N) is 1. The number of benzene rings is 3. The van der Waals surface area contributed by atoms with Gasteiger partial charge in [-0.2, -0.15) is 5.10 Å². The summed E-state index contributed by atoms with van der Waals surface area (Å²) in [4.78, 5) is 24.7. The Hall–Kier alpha value is -4.13. The number of hydrogen-bond acceptors (Lipinski definition) is 5. The second-order valence-electron chi connectivity index (χ2n) is 6.65. The molecule has 3 aromatic carbocycles. The second kappa shape index (κ2) is 10.1. The number of carbonyl (C=O) groups is 2. The van der Waals surface area contributed by atoms with Gasteiger partial charge in [0, 0.05) is 28.4 Å². The summed E-state index contributed by atoms with van der Waals surface area (Å²) in [7, 11) is 3.12. The van der Waals surface area contributed by atoms with Crippen LogP contribution in [0.2, 0.25) is 0 Å². The van der Waals surface area contributed by atoms with Gasteiger partial charge < -0.3 is 14.8 Å². The minimum Gasteiger partial charge on any atom is -0.497 e. The highest BCUT2D eigenvalue weighted by atomic mass is 16.5. The molecule has 0 atom stereocenters. The van der Waals surface area contributed by atoms with Crippen LogP contribution in [-0.4, -0.2) is 32.2 Å². The average Bonchev–Trinajstić information content (AvgIpc) is 2.79. The minimum atomic E-state index is -0.375. The number of carbonyl (C=O) groups excluding carboxylic acids is 2. The number of amides is 2. The van der Waals surface area contributed by atoms with Crippen molar-refractivity contribution in [2.24, 2.45) is 5.10 Å². The van der Waals surface area contributed by atoms with E-state index in [1.165, 1.54) is 6.21 Å². The van der Waals surface area contributed by atoms with E-state index in [0.29, 0.717) is 33.9 Å². The van der Waals surface area contributed by atoms with Crippen LogP contribution in [0.3, 0.4) is 0 Å². The fourth-order valence-electron chi connectivity index (χ4n) is 2.88. The molecule has 0 saturated carbocycles. The highest BCUT2D eigenvalue weighted by Gasteiger charge is 2.10. The number of rotatable bonds is 7. The van der Waals surface area contributed by atoms with E-state index in [9.17, 15) is 9.59 Å². The van der Waals surface area contributed by atoms with E-state index in [0.717, 1.165) is 5.56 Å². The zero-order chi connectivity index (χ0) is 22.2. The number of hydrazone groups is 1. The van der Waals surface area contributed by atoms with Crippen LogP contribution in [0, 0.1) is 6.92 Å². The molecule has 0 saturated heterocycles. The first kappa shape index (κ1) is 21.6. The second-order valence-corrected chi connectivity index (χ2v) is 6.65. The third-order valence-corrected chi connectivity index (χ3v) is 4.61. The van der Waals surface area contributed by atoms with E-state index in [1.807, 2.05) is 25.1 Å². The maximum absolute atomic E-state index is 12.4. The monoisotopic (exact) mass is 417 g/mol. The maximum atomic E-state index is 12.4. The van der Waals surface area contributed by atoms with Gasteiger partial charge in [-0.05, 0) is 55.0 Å². The quantitative estimate of drug-likeness (QED) is 0.449. The summed E-state index contributed by atoms with van der Waals surface area (Å²) in [6.45, 7) is 1.88. The molecule has 3 aromatic rings. The van der Waals surface area contributed by atoms with Crippen LogP contribution in [0.5, 0.6) is 11.5 Å². The normalized spacial score (nSPS) is 10.5. The average molecular weight is 417 g/mol. The van der Waals surface area contributed by atoms with Crippen LogP contribution in [-0.2, 0) is 0 Å². The number of aryl methyl sites for hydroxylation is 1. The molecule has 0 aromatic heterocycles. The highest BCUT2D eigenvalue weighted by Crippen LogP contribution is 2.23. The van der Waals surface area contributed by atoms with Gasteiger partial charge in [-0.25, -0.2) is 5.43 Å². The molecule has 0 aliphatic carbocycles. The molecule has 0 aliphatic heterocycles. The number of anilines is 1. The molecule has 31 heavy (non-hydrogen) atoms. The standard InChI is InChI=1S/C24H23N3O4/c1-16-6-4-5-7-21(16)24(29)26-19-11-8-17(9-12-19)23(28)27-25-15-18-10-13-20(30-2)14-22(18)31-3/h4-15H,1-3H3,(H,26,29)(H,27,28)/b25-15+. The van der Waals surface area contributed by atoms with E-state index in [2.05, 4.69) is 15.8 Å². The fourth-order valence-corrected chi connectivity index (χ4v) is 2.88. The SMILES string of the molecule is COc1ccc(/C=N/NC(=O)c2ccc(NC(=O)c3ccccc3C)cc2)c(OC)c1. The first-order valence-corrected chi connectivity index (χ1v) is 9.54. The molecule has 0 heterocycles. The maximum Gasteiger partial charge on any atom is 0.271 e. The summed E-state index contributed by atoms with van der Waals surface area (Å²) in [6, 6.07) is 19.2. The van der Waals surface area contributed by atoms with Crippen molar-refractivity contribution in [1.82, 2.24) is 5.43 Å². The lowest BCUT2D eigenvalue weighted by Crippen LogP contribution is -2.18. The molecule has 0 radical (unpaired) electrons. The number of hydrogen-bond donors (Lipinski definition) is 2. The molecule has 0 fully saturated rings. The van der Waals surface area contributed by atoms with Gasteiger partial charge in [0.05, 0.1) is 20.4 Å². The Bertz CT molecular complexity index is 1110. The van der Waals surface area contributed by atoms with Gasteiger partial charge in [0.25, 0.3) is 11.8 Å². The molecular formula is C24H23N3O4. The molecule has 0 bridgehead atoms. The minimum absolute atomic E-state index is 0.201. The van der Waals surface area contributed by atoms with Crippen molar-refractivity contribution in [3.63, 3.8) is 0 Å². The third kappa shape index (κ3) is 5.48. The zero-order valence-electron chi connectivity index (χ0n) is 17.5. The third-order valence-electron chi connectivity index (χ3n) is 4.61. The van der Waals surface area contributed by atoms with Crippen molar-refractivity contribution in [3.05, 3.63) is 89.0 Å². The first-order valence-electron chi connectivity index (χ1n) is 9.54. The summed E-state index contributed by atoms with van der Waals surface area (Å²) in [6.07, 6.45) is 1.49. The van der Waals surface area contributed by atoms with E-state index in [-0.39, 0.29) is 11.8 Å². The summed E-state index contributed by atoms with van der Waals surface area (Å²) < 4.78 is 10.5. The topological polar surface area (TPSA) is 89.0 Å². The predicted molar refractivity (Wildman–Crippen MR) is 120 cm³/mol. The molecule has 0 spiro atoms. The number of nitrogens with one attached hydrogen (secondary N) is 2. The molecular weight excluding hydrogens is 394 g/mol. The van der Waals surface area contributed by atoms with Crippen molar-refractivity contribution in [2.75, 3.05) is 19.5 Å². The first-order chi connectivity index (χ1) is 15.0. The summed E-state index contributed by atoms with van der Waals surface area (Å²) in [5.74, 6) is 0.660. The fraction of sp³-hybridized carbons (Fsp3) is 0.125. The van der Waals surface area contributed by atoms with Crippen LogP contribution < -0.4 is 20.2 Å². The van der Waals surface area contributed by atoms with E-state index >= 15 is 0 Å². The Morgan fingerprint density at radius 3 is 2.32 bits per heavy atom. The molecule has 7 nitrogen and oxygen atoms in total. The summed E-state index contributed by atoms with van der Waals surface area (Å²) in [5.41, 5.74) is 5.67. The Balaban J connectivity index is 1.61. The zero-order valence-corrected chi connectivity index (χ0v) is 17.5. The van der Waals surface area contributed by atoms with Crippen molar-refractivity contribution < 1.29 is 19.1 Å². The number of ether oxygens (including phenoxy) is 2. The lowest BCUT2D eigenvalue weighted by molar-refractivity contribution is 0.0954. The largest absolute Gasteiger partial charge is 0.497 e. The Kier molecular flexibility index (Phi) is 7.01. The van der Waals surface area contributed by atoms with E-state index < -0.39 is 0 Å². The Labute approximate surface area is 180 Å². The molecule has 0 aliphatic rings. The van der Waals surface area contributed by atoms with Crippen LogP contribution in [0.15, 0.2) is 71.8 Å². The lowest BCUT2D eigenvalue weighted by Gasteiger charge is -2.08. The van der Waals surface area contributed by atoms with Gasteiger partial charge in [-0.3, -0.25) is 9.59 Å². The molecule has 158 valence electrons. The van der Waals surface area contributed by atoms with Crippen molar-refractivity contribution in [1.29, 1.82) is 0 Å². The molecule has 2 amide bonds. The summed E-state index contributed by atoms with van der Waals surface area (Å²) >= 11 is 0. The molecule has 3 rings (SSSR count). The molecule has 7 heteroatoms. The molecule has 2 N–H and O–H groups in total. The van der Waals surface area contributed by atoms with Crippen LogP contribution >= 0.6 is 0 Å². The van der Waals surface area contributed by atoms with Gasteiger partial charge in [0.15, 0.2) is 0 Å². The van der Waals surface area contributed by atoms with Crippen LogP contribution in [0.1, 0.15) is 31.8 Å². The van der Waals surface area contributed by atoms with Gasteiger partial charge in [0.2, 0.25) is 0 Å². The predicted octanol–water partition coefficient (Wildman–Crippen LogP) is 4.03. The van der Waals surface area contributed by atoms with Gasteiger partial charge in [-0.1, -0.05) is 18.2 Å². The van der Waals surface area contributed by atoms with E-state index in [4.69, 9.17) is 9.47 Å². The van der Waals surface area contributed by atoms with E-state index in [1.54, 1.807) is 62.8 Å². The van der Waals surface area contributed by atoms with Gasteiger partial charge in [-0.15, -0.1) is 0 Å². The van der Waals surface area contributed by atoms with Crippen LogP contribution in [0.25, 0.3) is 0 Å². The van der Waals surface area contributed by atoms with Gasteiger partial charge >= 0.3 is 0 Å². The highest BCUT2D eigenvalue weighted by molar-refractivity contribution is 6.05. The summed E-state index contributed by atoms with van der Waals surface area (Å²) in [5, 5.41) is 6.81. The number of methoxy groups -OCH3 is 2. The molecule has 0 unspecified atom stereocenters. The Morgan fingerprint density at radius 1 is 0.903 bits per heavy atom. The van der Waals surface area contributed by atoms with Crippen molar-refractivity contribution in [2.45, 2.75) is 6.92 Å². The van der Waals surface area contributed by atoms with Crippen molar-refractivity contribution >= 4 is 23.7 Å². The van der Waals surface area contributed by atoms with Crippen LogP contribution in [0.4, 0.5) is 5.69 Å². The Morgan fingerprint density at radius 2 is 1.65 bits per heavy atom.